The fraction of sp³-hybridized carbons (Fsp3) is 0.353. The summed E-state index contributed by atoms with van der Waals surface area (Å²) in [5, 5.41) is 8.29. The second-order valence-electron chi connectivity index (χ2n) is 6.02. The molecular weight excluding hydrogens is 308 g/mol. The minimum absolute atomic E-state index is 0.0490. The highest BCUT2D eigenvalue weighted by atomic mass is 32.1. The summed E-state index contributed by atoms with van der Waals surface area (Å²) in [4.78, 5) is 19.1. The van der Waals surface area contributed by atoms with Crippen molar-refractivity contribution >= 4 is 34.0 Å². The van der Waals surface area contributed by atoms with Crippen LogP contribution in [0.5, 0.6) is 0 Å². The summed E-state index contributed by atoms with van der Waals surface area (Å²) in [7, 11) is 1.87. The predicted molar refractivity (Wildman–Crippen MR) is 92.2 cm³/mol. The van der Waals surface area contributed by atoms with Gasteiger partial charge in [-0.25, -0.2) is 4.98 Å². The average Bonchev–Trinajstić information content (AvgIpc) is 3.09. The van der Waals surface area contributed by atoms with Crippen LogP contribution >= 0.6 is 11.3 Å². The van der Waals surface area contributed by atoms with Crippen molar-refractivity contribution in [2.45, 2.75) is 32.6 Å². The summed E-state index contributed by atoms with van der Waals surface area (Å²) in [6.45, 7) is 1.95. The molecule has 4 rings (SSSR count). The van der Waals surface area contributed by atoms with Gasteiger partial charge >= 0.3 is 0 Å². The topological polar surface area (TPSA) is 59.8 Å². The Bertz CT molecular complexity index is 885. The van der Waals surface area contributed by atoms with Gasteiger partial charge < -0.3 is 5.32 Å². The lowest BCUT2D eigenvalue weighted by atomic mass is 9.99. The maximum atomic E-state index is 12.5. The molecule has 1 aliphatic carbocycles. The van der Waals surface area contributed by atoms with Gasteiger partial charge in [0, 0.05) is 17.3 Å². The zero-order valence-electron chi connectivity index (χ0n) is 13.2. The zero-order chi connectivity index (χ0) is 16.0. The van der Waals surface area contributed by atoms with E-state index in [1.807, 2.05) is 20.0 Å². The summed E-state index contributed by atoms with van der Waals surface area (Å²) in [5.74, 6) is -0.0490. The number of carbonyl (C=O) groups is 1. The molecule has 5 nitrogen and oxygen atoms in total. The first-order valence-corrected chi connectivity index (χ1v) is 8.66. The molecule has 0 saturated carbocycles. The molecule has 0 unspecified atom stereocenters. The number of thiophene rings is 1. The minimum Gasteiger partial charge on any atom is -0.320 e. The van der Waals surface area contributed by atoms with Gasteiger partial charge in [0.25, 0.3) is 5.91 Å². The average molecular weight is 326 g/mol. The van der Waals surface area contributed by atoms with E-state index in [0.717, 1.165) is 34.4 Å². The number of fused-ring (bicyclic) bond motifs is 2. The van der Waals surface area contributed by atoms with Crippen LogP contribution in [0.25, 0.3) is 11.0 Å². The molecule has 3 aromatic heterocycles. The number of aryl methyl sites for hydroxylation is 4. The molecule has 0 radical (unpaired) electrons. The fourth-order valence-electron chi connectivity index (χ4n) is 3.17. The Morgan fingerprint density at radius 2 is 2.13 bits per heavy atom. The van der Waals surface area contributed by atoms with Crippen molar-refractivity contribution in [3.8, 4) is 0 Å². The standard InChI is InChI=1S/C17H18N4OS/c1-10-13-8-12(9-18-16(13)21(2)20-10)19-17(22)15-7-11-5-3-4-6-14(11)23-15/h7-9H,3-6H2,1-2H3,(H,19,22). The van der Waals surface area contributed by atoms with E-state index in [9.17, 15) is 4.79 Å². The van der Waals surface area contributed by atoms with Gasteiger partial charge in [-0.2, -0.15) is 5.10 Å². The first-order valence-electron chi connectivity index (χ1n) is 7.84. The van der Waals surface area contributed by atoms with E-state index in [1.54, 1.807) is 22.2 Å². The Labute approximate surface area is 138 Å². The molecule has 118 valence electrons. The quantitative estimate of drug-likeness (QED) is 0.784. The molecule has 0 saturated heterocycles. The zero-order valence-corrected chi connectivity index (χ0v) is 14.0. The van der Waals surface area contributed by atoms with Gasteiger partial charge in [0.2, 0.25) is 0 Å². The number of hydrogen-bond acceptors (Lipinski definition) is 4. The number of rotatable bonds is 2. The van der Waals surface area contributed by atoms with Gasteiger partial charge in [-0.1, -0.05) is 0 Å². The van der Waals surface area contributed by atoms with Crippen molar-refractivity contribution in [3.05, 3.63) is 39.3 Å². The van der Waals surface area contributed by atoms with Crippen LogP contribution in [0.15, 0.2) is 18.3 Å². The summed E-state index contributed by atoms with van der Waals surface area (Å²) in [6.07, 6.45) is 6.35. The summed E-state index contributed by atoms with van der Waals surface area (Å²) in [5.41, 5.74) is 3.80. The molecule has 1 aliphatic rings. The highest BCUT2D eigenvalue weighted by Gasteiger charge is 2.17. The first-order chi connectivity index (χ1) is 11.1. The Kier molecular flexibility index (Phi) is 3.41. The molecule has 0 bridgehead atoms. The number of carbonyl (C=O) groups excluding carboxylic acids is 1. The van der Waals surface area contributed by atoms with E-state index in [2.05, 4.69) is 21.5 Å². The maximum absolute atomic E-state index is 12.5. The molecule has 3 aromatic rings. The molecule has 0 fully saturated rings. The molecule has 1 N–H and O–H groups in total. The largest absolute Gasteiger partial charge is 0.320 e. The molecule has 0 atom stereocenters. The van der Waals surface area contributed by atoms with Crippen LogP contribution in [0.3, 0.4) is 0 Å². The highest BCUT2D eigenvalue weighted by Crippen LogP contribution is 2.30. The number of hydrogen-bond donors (Lipinski definition) is 1. The number of amides is 1. The second kappa shape index (κ2) is 5.45. The Hall–Kier alpha value is -2.21. The predicted octanol–water partition coefficient (Wildman–Crippen LogP) is 3.47. The third kappa shape index (κ3) is 2.53. The van der Waals surface area contributed by atoms with Crippen molar-refractivity contribution in [1.29, 1.82) is 0 Å². The molecule has 0 aromatic carbocycles. The normalized spacial score (nSPS) is 14.0. The molecule has 1 amide bonds. The van der Waals surface area contributed by atoms with Crippen LogP contribution in [-0.2, 0) is 19.9 Å². The van der Waals surface area contributed by atoms with Crippen molar-refractivity contribution in [1.82, 2.24) is 14.8 Å². The molecule has 23 heavy (non-hydrogen) atoms. The lowest BCUT2D eigenvalue weighted by Gasteiger charge is -2.08. The molecule has 3 heterocycles. The van der Waals surface area contributed by atoms with E-state index < -0.39 is 0 Å². The van der Waals surface area contributed by atoms with E-state index >= 15 is 0 Å². The number of anilines is 1. The van der Waals surface area contributed by atoms with Crippen molar-refractivity contribution in [2.24, 2.45) is 7.05 Å². The first kappa shape index (κ1) is 14.4. The van der Waals surface area contributed by atoms with Crippen LogP contribution in [-0.4, -0.2) is 20.7 Å². The smallest absolute Gasteiger partial charge is 0.265 e. The van der Waals surface area contributed by atoms with Gasteiger partial charge in [0.15, 0.2) is 5.65 Å². The summed E-state index contributed by atoms with van der Waals surface area (Å²) in [6, 6.07) is 3.99. The number of aromatic nitrogens is 3. The van der Waals surface area contributed by atoms with Gasteiger partial charge in [-0.15, -0.1) is 11.3 Å². The van der Waals surface area contributed by atoms with E-state index in [1.165, 1.54) is 23.3 Å². The number of nitrogens with one attached hydrogen (secondary N) is 1. The van der Waals surface area contributed by atoms with Crippen LogP contribution in [0.4, 0.5) is 5.69 Å². The molecule has 0 spiro atoms. The SMILES string of the molecule is Cc1nn(C)c2ncc(NC(=O)c3cc4c(s3)CCCC4)cc12. The van der Waals surface area contributed by atoms with Gasteiger partial charge in [-0.3, -0.25) is 9.48 Å². The van der Waals surface area contributed by atoms with E-state index in [4.69, 9.17) is 0 Å². The maximum Gasteiger partial charge on any atom is 0.265 e. The molecule has 6 heteroatoms. The Balaban J connectivity index is 1.61. The lowest BCUT2D eigenvalue weighted by Crippen LogP contribution is -2.10. The highest BCUT2D eigenvalue weighted by molar-refractivity contribution is 7.14. The Morgan fingerprint density at radius 1 is 1.30 bits per heavy atom. The number of nitrogens with zero attached hydrogens (tertiary/aromatic N) is 3. The minimum atomic E-state index is -0.0490. The summed E-state index contributed by atoms with van der Waals surface area (Å²) >= 11 is 1.62. The van der Waals surface area contributed by atoms with Gasteiger partial charge in [0.1, 0.15) is 0 Å². The van der Waals surface area contributed by atoms with Crippen LogP contribution in [0.1, 0.15) is 38.6 Å². The lowest BCUT2D eigenvalue weighted by molar-refractivity contribution is 0.103. The van der Waals surface area contributed by atoms with Crippen LogP contribution < -0.4 is 5.32 Å². The van der Waals surface area contributed by atoms with E-state index in [0.29, 0.717) is 5.69 Å². The van der Waals surface area contributed by atoms with Crippen molar-refractivity contribution in [2.75, 3.05) is 5.32 Å². The summed E-state index contributed by atoms with van der Waals surface area (Å²) < 4.78 is 1.75. The molecule has 0 aliphatic heterocycles. The fourth-order valence-corrected chi connectivity index (χ4v) is 4.32. The molecular formula is C17H18N4OS. The number of pyridine rings is 1. The van der Waals surface area contributed by atoms with Crippen LogP contribution in [0, 0.1) is 6.92 Å². The van der Waals surface area contributed by atoms with Crippen molar-refractivity contribution in [3.63, 3.8) is 0 Å². The van der Waals surface area contributed by atoms with Gasteiger partial charge in [-0.05, 0) is 50.3 Å². The third-order valence-electron chi connectivity index (χ3n) is 4.34. The second-order valence-corrected chi connectivity index (χ2v) is 7.16. The van der Waals surface area contributed by atoms with Crippen LogP contribution in [0.2, 0.25) is 0 Å². The third-order valence-corrected chi connectivity index (χ3v) is 5.58. The van der Waals surface area contributed by atoms with E-state index in [-0.39, 0.29) is 5.91 Å². The Morgan fingerprint density at radius 3 is 2.96 bits per heavy atom. The van der Waals surface area contributed by atoms with Crippen molar-refractivity contribution < 1.29 is 4.79 Å². The van der Waals surface area contributed by atoms with Gasteiger partial charge in [0.05, 0.1) is 22.5 Å². The monoisotopic (exact) mass is 326 g/mol.